The Labute approximate surface area is 104 Å². The van der Waals surface area contributed by atoms with Crippen LogP contribution in [-0.4, -0.2) is 11.6 Å². The topological polar surface area (TPSA) is 26.3 Å². The molecule has 0 aliphatic carbocycles. The van der Waals surface area contributed by atoms with E-state index in [0.29, 0.717) is 6.42 Å². The van der Waals surface area contributed by atoms with Crippen LogP contribution in [0.4, 0.5) is 0 Å². The third-order valence-corrected chi connectivity index (χ3v) is 3.08. The van der Waals surface area contributed by atoms with Crippen LogP contribution in [0.1, 0.15) is 52.0 Å². The number of carbonyl (C=O) groups excluding carboxylic acids is 1. The zero-order chi connectivity index (χ0) is 12.9. The van der Waals surface area contributed by atoms with Crippen LogP contribution in [0.3, 0.4) is 0 Å². The molecular formula is C15H22O2. The standard InChI is InChI=1S/C15H22O2/c1-5-15(3,4)17-14(16)11-12(2)13-9-7-6-8-10-13/h6-10,12H,5,11H2,1-4H3. The van der Waals surface area contributed by atoms with Crippen molar-refractivity contribution in [3.8, 4) is 0 Å². The zero-order valence-electron chi connectivity index (χ0n) is 11.2. The summed E-state index contributed by atoms with van der Waals surface area (Å²) in [5.41, 5.74) is 0.826. The second-order valence-corrected chi connectivity index (χ2v) is 5.10. The van der Waals surface area contributed by atoms with Crippen molar-refractivity contribution >= 4 is 5.97 Å². The van der Waals surface area contributed by atoms with Crippen molar-refractivity contribution in [3.05, 3.63) is 35.9 Å². The van der Waals surface area contributed by atoms with Crippen molar-refractivity contribution in [1.29, 1.82) is 0 Å². The Bertz CT molecular complexity index is 354. The van der Waals surface area contributed by atoms with Crippen LogP contribution >= 0.6 is 0 Å². The van der Waals surface area contributed by atoms with Crippen molar-refractivity contribution in [2.75, 3.05) is 0 Å². The van der Waals surface area contributed by atoms with Gasteiger partial charge in [0, 0.05) is 0 Å². The molecule has 0 heterocycles. The first kappa shape index (κ1) is 13.8. The molecule has 1 aromatic carbocycles. The van der Waals surface area contributed by atoms with Gasteiger partial charge in [-0.05, 0) is 31.7 Å². The lowest BCUT2D eigenvalue weighted by Crippen LogP contribution is -2.27. The first-order valence-electron chi connectivity index (χ1n) is 6.21. The van der Waals surface area contributed by atoms with Gasteiger partial charge >= 0.3 is 5.97 Å². The van der Waals surface area contributed by atoms with E-state index in [1.807, 2.05) is 51.1 Å². The summed E-state index contributed by atoms with van der Waals surface area (Å²) in [7, 11) is 0. The molecule has 0 aliphatic heterocycles. The lowest BCUT2D eigenvalue weighted by atomic mass is 9.98. The summed E-state index contributed by atoms with van der Waals surface area (Å²) in [5, 5.41) is 0. The molecule has 0 spiro atoms. The Hall–Kier alpha value is -1.31. The van der Waals surface area contributed by atoms with Crippen LogP contribution in [0, 0.1) is 0 Å². The fourth-order valence-corrected chi connectivity index (χ4v) is 1.57. The minimum atomic E-state index is -0.354. The molecule has 0 bridgehead atoms. The van der Waals surface area contributed by atoms with Gasteiger partial charge in [0.1, 0.15) is 5.60 Å². The van der Waals surface area contributed by atoms with Crippen LogP contribution in [0.25, 0.3) is 0 Å². The van der Waals surface area contributed by atoms with Gasteiger partial charge in [0.25, 0.3) is 0 Å². The Morgan fingerprint density at radius 3 is 2.41 bits per heavy atom. The Morgan fingerprint density at radius 1 is 1.29 bits per heavy atom. The second kappa shape index (κ2) is 5.85. The predicted molar refractivity (Wildman–Crippen MR) is 69.9 cm³/mol. The van der Waals surface area contributed by atoms with Gasteiger partial charge in [0.05, 0.1) is 6.42 Å². The maximum absolute atomic E-state index is 11.8. The molecule has 94 valence electrons. The Kier molecular flexibility index (Phi) is 4.73. The van der Waals surface area contributed by atoms with Crippen LogP contribution < -0.4 is 0 Å². The summed E-state index contributed by atoms with van der Waals surface area (Å²) in [6.45, 7) is 7.96. The van der Waals surface area contributed by atoms with Crippen molar-refractivity contribution in [1.82, 2.24) is 0 Å². The monoisotopic (exact) mass is 234 g/mol. The molecule has 0 saturated carbocycles. The predicted octanol–water partition coefficient (Wildman–Crippen LogP) is 3.91. The smallest absolute Gasteiger partial charge is 0.306 e. The molecule has 0 fully saturated rings. The minimum absolute atomic E-state index is 0.117. The lowest BCUT2D eigenvalue weighted by Gasteiger charge is -2.24. The Morgan fingerprint density at radius 2 is 1.88 bits per heavy atom. The number of rotatable bonds is 5. The maximum Gasteiger partial charge on any atom is 0.306 e. The van der Waals surface area contributed by atoms with Gasteiger partial charge in [-0.2, -0.15) is 0 Å². The lowest BCUT2D eigenvalue weighted by molar-refractivity contribution is -0.157. The molecule has 1 rings (SSSR count). The quantitative estimate of drug-likeness (QED) is 0.722. The maximum atomic E-state index is 11.8. The highest BCUT2D eigenvalue weighted by Gasteiger charge is 2.21. The summed E-state index contributed by atoms with van der Waals surface area (Å²) >= 11 is 0. The fourth-order valence-electron chi connectivity index (χ4n) is 1.57. The first-order valence-corrected chi connectivity index (χ1v) is 6.21. The number of hydrogen-bond acceptors (Lipinski definition) is 2. The number of benzene rings is 1. The third kappa shape index (κ3) is 4.59. The summed E-state index contributed by atoms with van der Waals surface area (Å²) in [5.74, 6) is 0.0876. The number of carbonyl (C=O) groups is 1. The van der Waals surface area contributed by atoms with Gasteiger partial charge in [0.2, 0.25) is 0 Å². The molecule has 1 atom stereocenters. The molecule has 0 saturated heterocycles. The second-order valence-electron chi connectivity index (χ2n) is 5.10. The SMILES string of the molecule is CCC(C)(C)OC(=O)CC(C)c1ccccc1. The number of ether oxygens (including phenoxy) is 1. The van der Waals surface area contributed by atoms with Crippen LogP contribution in [-0.2, 0) is 9.53 Å². The zero-order valence-corrected chi connectivity index (χ0v) is 11.2. The van der Waals surface area contributed by atoms with Gasteiger partial charge < -0.3 is 4.74 Å². The summed E-state index contributed by atoms with van der Waals surface area (Å²) in [4.78, 5) is 11.8. The molecule has 2 heteroatoms. The van der Waals surface area contributed by atoms with Crippen LogP contribution in [0.15, 0.2) is 30.3 Å². The highest BCUT2D eigenvalue weighted by Crippen LogP contribution is 2.21. The van der Waals surface area contributed by atoms with Crippen LogP contribution in [0.5, 0.6) is 0 Å². The third-order valence-electron chi connectivity index (χ3n) is 3.08. The fraction of sp³-hybridized carbons (Fsp3) is 0.533. The van der Waals surface area contributed by atoms with Gasteiger partial charge in [-0.1, -0.05) is 44.2 Å². The summed E-state index contributed by atoms with van der Waals surface area (Å²) in [6.07, 6.45) is 1.27. The molecular weight excluding hydrogens is 212 g/mol. The molecule has 17 heavy (non-hydrogen) atoms. The molecule has 0 aliphatic rings. The molecule has 0 radical (unpaired) electrons. The number of hydrogen-bond donors (Lipinski definition) is 0. The molecule has 0 aromatic heterocycles. The minimum Gasteiger partial charge on any atom is -0.460 e. The van der Waals surface area contributed by atoms with Gasteiger partial charge in [-0.3, -0.25) is 4.79 Å². The molecule has 0 N–H and O–H groups in total. The largest absolute Gasteiger partial charge is 0.460 e. The van der Waals surface area contributed by atoms with E-state index in [2.05, 4.69) is 6.92 Å². The highest BCUT2D eigenvalue weighted by molar-refractivity contribution is 5.71. The van der Waals surface area contributed by atoms with E-state index in [4.69, 9.17) is 4.74 Å². The van der Waals surface area contributed by atoms with E-state index in [9.17, 15) is 4.79 Å². The molecule has 1 unspecified atom stereocenters. The summed E-state index contributed by atoms with van der Waals surface area (Å²) in [6, 6.07) is 10.1. The van der Waals surface area contributed by atoms with E-state index in [1.165, 1.54) is 5.56 Å². The van der Waals surface area contributed by atoms with Gasteiger partial charge in [-0.15, -0.1) is 0 Å². The highest BCUT2D eigenvalue weighted by atomic mass is 16.6. The van der Waals surface area contributed by atoms with Crippen molar-refractivity contribution in [2.24, 2.45) is 0 Å². The van der Waals surface area contributed by atoms with E-state index in [0.717, 1.165) is 6.42 Å². The van der Waals surface area contributed by atoms with E-state index >= 15 is 0 Å². The number of esters is 1. The average Bonchev–Trinajstić information content (AvgIpc) is 2.29. The average molecular weight is 234 g/mol. The van der Waals surface area contributed by atoms with E-state index in [-0.39, 0.29) is 17.5 Å². The van der Waals surface area contributed by atoms with E-state index in [1.54, 1.807) is 0 Å². The van der Waals surface area contributed by atoms with Crippen molar-refractivity contribution in [2.45, 2.75) is 52.1 Å². The van der Waals surface area contributed by atoms with Crippen molar-refractivity contribution in [3.63, 3.8) is 0 Å². The molecule has 0 amide bonds. The van der Waals surface area contributed by atoms with Crippen molar-refractivity contribution < 1.29 is 9.53 Å². The Balaban J connectivity index is 2.52. The van der Waals surface area contributed by atoms with Crippen LogP contribution in [0.2, 0.25) is 0 Å². The normalized spacial score (nSPS) is 13.2. The molecule has 1 aromatic rings. The van der Waals surface area contributed by atoms with E-state index < -0.39 is 0 Å². The van der Waals surface area contributed by atoms with Gasteiger partial charge in [0.15, 0.2) is 0 Å². The van der Waals surface area contributed by atoms with Gasteiger partial charge in [-0.25, -0.2) is 0 Å². The first-order chi connectivity index (χ1) is 7.94. The summed E-state index contributed by atoms with van der Waals surface area (Å²) < 4.78 is 5.44. The molecule has 2 nitrogen and oxygen atoms in total.